The van der Waals surface area contributed by atoms with Crippen molar-refractivity contribution in [1.82, 2.24) is 0 Å². The third-order valence-corrected chi connectivity index (χ3v) is 4.79. The van der Waals surface area contributed by atoms with Gasteiger partial charge in [0.2, 0.25) is 11.6 Å². The molecule has 164 valence electrons. The van der Waals surface area contributed by atoms with E-state index in [1.165, 1.54) is 0 Å². The fourth-order valence-electron chi connectivity index (χ4n) is 3.31. The zero-order valence-corrected chi connectivity index (χ0v) is 17.9. The fourth-order valence-corrected chi connectivity index (χ4v) is 3.31. The standard InChI is InChI=1S/C24H32O6/c1-3-27-23(17-25-15-21-11-7-5-8-12-21)19-30-24(20-29-23,28-4-2)18-26-16-22-13-9-6-10-14-22/h5-14H,3-4,15-20H2,1-2H3. The molecular formula is C24H32O6. The van der Waals surface area contributed by atoms with Gasteiger partial charge in [-0.1, -0.05) is 60.7 Å². The Morgan fingerprint density at radius 3 is 1.40 bits per heavy atom. The summed E-state index contributed by atoms with van der Waals surface area (Å²) in [6.07, 6.45) is 0. The van der Waals surface area contributed by atoms with Crippen molar-refractivity contribution in [3.8, 4) is 0 Å². The average Bonchev–Trinajstić information content (AvgIpc) is 2.78. The van der Waals surface area contributed by atoms with E-state index in [-0.39, 0.29) is 26.4 Å². The highest BCUT2D eigenvalue weighted by atomic mass is 16.8. The second-order valence-electron chi connectivity index (χ2n) is 7.22. The van der Waals surface area contributed by atoms with E-state index >= 15 is 0 Å². The summed E-state index contributed by atoms with van der Waals surface area (Å²) in [7, 11) is 0. The van der Waals surface area contributed by atoms with E-state index in [0.29, 0.717) is 26.4 Å². The van der Waals surface area contributed by atoms with Gasteiger partial charge in [0, 0.05) is 13.2 Å². The molecule has 2 aromatic rings. The first-order valence-electron chi connectivity index (χ1n) is 10.5. The highest BCUT2D eigenvalue weighted by Gasteiger charge is 2.47. The predicted molar refractivity (Wildman–Crippen MR) is 113 cm³/mol. The molecular weight excluding hydrogens is 384 g/mol. The van der Waals surface area contributed by atoms with Gasteiger partial charge in [0.1, 0.15) is 26.4 Å². The van der Waals surface area contributed by atoms with Gasteiger partial charge >= 0.3 is 0 Å². The van der Waals surface area contributed by atoms with Crippen LogP contribution in [0.4, 0.5) is 0 Å². The van der Waals surface area contributed by atoms with Crippen molar-refractivity contribution in [3.05, 3.63) is 71.8 Å². The molecule has 1 aliphatic rings. The largest absolute Gasteiger partial charge is 0.371 e. The highest BCUT2D eigenvalue weighted by Crippen LogP contribution is 2.29. The quantitative estimate of drug-likeness (QED) is 0.523. The molecule has 1 fully saturated rings. The lowest BCUT2D eigenvalue weighted by Gasteiger charge is -2.45. The SMILES string of the molecule is CCOC1(COCc2ccccc2)COC(COCc2ccccc2)(OCC)CO1. The summed E-state index contributed by atoms with van der Waals surface area (Å²) in [4.78, 5) is 0. The highest BCUT2D eigenvalue weighted by molar-refractivity contribution is 5.14. The molecule has 0 amide bonds. The molecule has 2 aromatic carbocycles. The first-order chi connectivity index (χ1) is 14.7. The van der Waals surface area contributed by atoms with Crippen LogP contribution in [0.15, 0.2) is 60.7 Å². The van der Waals surface area contributed by atoms with Crippen molar-refractivity contribution in [1.29, 1.82) is 0 Å². The van der Waals surface area contributed by atoms with Crippen molar-refractivity contribution >= 4 is 0 Å². The van der Waals surface area contributed by atoms with Crippen molar-refractivity contribution in [3.63, 3.8) is 0 Å². The Labute approximate surface area is 179 Å². The maximum atomic E-state index is 6.14. The average molecular weight is 417 g/mol. The molecule has 0 aromatic heterocycles. The minimum Gasteiger partial charge on any atom is -0.371 e. The van der Waals surface area contributed by atoms with Crippen LogP contribution < -0.4 is 0 Å². The summed E-state index contributed by atoms with van der Waals surface area (Å²) in [5.41, 5.74) is 2.19. The number of hydrogen-bond donors (Lipinski definition) is 0. The van der Waals surface area contributed by atoms with Gasteiger partial charge < -0.3 is 28.4 Å². The van der Waals surface area contributed by atoms with Crippen LogP contribution >= 0.6 is 0 Å². The molecule has 0 spiro atoms. The third-order valence-electron chi connectivity index (χ3n) is 4.79. The van der Waals surface area contributed by atoms with Gasteiger partial charge in [-0.25, -0.2) is 0 Å². The van der Waals surface area contributed by atoms with E-state index in [1.54, 1.807) is 0 Å². The zero-order chi connectivity index (χ0) is 21.1. The van der Waals surface area contributed by atoms with Crippen LogP contribution in [0.1, 0.15) is 25.0 Å². The molecule has 0 N–H and O–H groups in total. The maximum absolute atomic E-state index is 6.14. The van der Waals surface area contributed by atoms with Crippen molar-refractivity contribution in [2.75, 3.05) is 39.6 Å². The summed E-state index contributed by atoms with van der Waals surface area (Å²) in [6.45, 7) is 6.73. The van der Waals surface area contributed by atoms with Gasteiger partial charge in [-0.15, -0.1) is 0 Å². The molecule has 0 aliphatic carbocycles. The minimum atomic E-state index is -0.955. The molecule has 3 rings (SSSR count). The van der Waals surface area contributed by atoms with Crippen molar-refractivity contribution < 1.29 is 28.4 Å². The summed E-state index contributed by atoms with van der Waals surface area (Å²) in [5.74, 6) is -1.91. The topological polar surface area (TPSA) is 55.4 Å². The van der Waals surface area contributed by atoms with Crippen LogP contribution in [0.25, 0.3) is 0 Å². The van der Waals surface area contributed by atoms with Crippen LogP contribution in [-0.2, 0) is 41.6 Å². The van der Waals surface area contributed by atoms with Crippen LogP contribution in [0.2, 0.25) is 0 Å². The fraction of sp³-hybridized carbons (Fsp3) is 0.500. The van der Waals surface area contributed by atoms with Gasteiger partial charge in [0.15, 0.2) is 0 Å². The third kappa shape index (κ3) is 6.60. The lowest BCUT2D eigenvalue weighted by atomic mass is 10.2. The molecule has 1 saturated heterocycles. The van der Waals surface area contributed by atoms with Gasteiger partial charge in [0.05, 0.1) is 13.2 Å². The molecule has 0 saturated carbocycles. The van der Waals surface area contributed by atoms with E-state index < -0.39 is 11.6 Å². The Balaban J connectivity index is 1.53. The second-order valence-corrected chi connectivity index (χ2v) is 7.22. The van der Waals surface area contributed by atoms with Crippen molar-refractivity contribution in [2.45, 2.75) is 38.6 Å². The molecule has 2 unspecified atom stereocenters. The van der Waals surface area contributed by atoms with E-state index in [2.05, 4.69) is 0 Å². The number of ether oxygens (including phenoxy) is 6. The molecule has 1 heterocycles. The first kappa shape index (κ1) is 22.9. The van der Waals surface area contributed by atoms with Crippen LogP contribution in [0, 0.1) is 0 Å². The Kier molecular flexibility index (Phi) is 8.81. The van der Waals surface area contributed by atoms with Gasteiger partial charge in [0.25, 0.3) is 0 Å². The summed E-state index contributed by atoms with van der Waals surface area (Å²) < 4.78 is 35.8. The normalized spacial score (nSPS) is 24.1. The number of hydrogen-bond acceptors (Lipinski definition) is 6. The number of benzene rings is 2. The predicted octanol–water partition coefficient (Wildman–Crippen LogP) is 3.93. The molecule has 1 aliphatic heterocycles. The Morgan fingerprint density at radius 2 is 1.07 bits per heavy atom. The monoisotopic (exact) mass is 416 g/mol. The first-order valence-corrected chi connectivity index (χ1v) is 10.5. The maximum Gasteiger partial charge on any atom is 0.216 e. The Hall–Kier alpha value is -1.80. The van der Waals surface area contributed by atoms with E-state index in [9.17, 15) is 0 Å². The van der Waals surface area contributed by atoms with Gasteiger partial charge in [-0.3, -0.25) is 0 Å². The van der Waals surface area contributed by atoms with Crippen LogP contribution in [-0.4, -0.2) is 51.2 Å². The molecule has 30 heavy (non-hydrogen) atoms. The molecule has 6 nitrogen and oxygen atoms in total. The van der Waals surface area contributed by atoms with Crippen molar-refractivity contribution in [2.24, 2.45) is 0 Å². The van der Waals surface area contributed by atoms with Crippen LogP contribution in [0.5, 0.6) is 0 Å². The molecule has 0 radical (unpaired) electrons. The summed E-state index contributed by atoms with van der Waals surface area (Å²) >= 11 is 0. The van der Waals surface area contributed by atoms with E-state index in [4.69, 9.17) is 28.4 Å². The lowest BCUT2D eigenvalue weighted by molar-refractivity contribution is -0.400. The van der Waals surface area contributed by atoms with Gasteiger partial charge in [-0.2, -0.15) is 0 Å². The lowest BCUT2D eigenvalue weighted by Crippen LogP contribution is -2.59. The summed E-state index contributed by atoms with van der Waals surface area (Å²) in [5, 5.41) is 0. The van der Waals surface area contributed by atoms with Crippen LogP contribution in [0.3, 0.4) is 0 Å². The Morgan fingerprint density at radius 1 is 0.667 bits per heavy atom. The second kappa shape index (κ2) is 11.6. The summed E-state index contributed by atoms with van der Waals surface area (Å²) in [6, 6.07) is 20.0. The molecule has 6 heteroatoms. The number of rotatable bonds is 12. The molecule has 0 bridgehead atoms. The molecule has 2 atom stereocenters. The zero-order valence-electron chi connectivity index (χ0n) is 17.9. The van der Waals surface area contributed by atoms with E-state index in [0.717, 1.165) is 11.1 Å². The Bertz CT molecular complexity index is 649. The van der Waals surface area contributed by atoms with Gasteiger partial charge in [-0.05, 0) is 25.0 Å². The van der Waals surface area contributed by atoms with E-state index in [1.807, 2.05) is 74.5 Å². The minimum absolute atomic E-state index is 0.199. The smallest absolute Gasteiger partial charge is 0.216 e.